The third kappa shape index (κ3) is 5.33. The molecule has 0 atom stereocenters. The van der Waals surface area contributed by atoms with Gasteiger partial charge in [-0.2, -0.15) is 0 Å². The Labute approximate surface area is 198 Å². The number of hydrogen-bond acceptors (Lipinski definition) is 10. The van der Waals surface area contributed by atoms with E-state index < -0.39 is 28.4 Å². The van der Waals surface area contributed by atoms with Gasteiger partial charge in [-0.25, -0.2) is 9.59 Å². The minimum atomic E-state index is -0.930. The minimum Gasteiger partial charge on any atom is -0.457 e. The van der Waals surface area contributed by atoms with Crippen LogP contribution in [-0.4, -0.2) is 21.8 Å². The highest BCUT2D eigenvalue weighted by atomic mass is 16.6. The van der Waals surface area contributed by atoms with Crippen LogP contribution in [0.5, 0.6) is 0 Å². The van der Waals surface area contributed by atoms with Gasteiger partial charge in [0.15, 0.2) is 0 Å². The average molecular weight is 480 g/mol. The quantitative estimate of drug-likeness (QED) is 0.208. The van der Waals surface area contributed by atoms with E-state index in [4.69, 9.17) is 20.9 Å². The molecule has 4 N–H and O–H groups in total. The molecule has 35 heavy (non-hydrogen) atoms. The fraction of sp³-hybridized carbons (Fsp3) is 0.130. The molecule has 0 unspecified atom stereocenters. The molecule has 0 spiro atoms. The number of carbonyl (C=O) groups excluding carboxylic acids is 2. The lowest BCUT2D eigenvalue weighted by atomic mass is 10.00. The Hall–Kier alpha value is -5.00. The van der Waals surface area contributed by atoms with Crippen molar-refractivity contribution in [2.45, 2.75) is 20.1 Å². The van der Waals surface area contributed by atoms with E-state index >= 15 is 0 Å². The largest absolute Gasteiger partial charge is 0.457 e. The van der Waals surface area contributed by atoms with E-state index in [9.17, 15) is 29.8 Å². The molecule has 180 valence electrons. The van der Waals surface area contributed by atoms with Gasteiger partial charge in [-0.15, -0.1) is 0 Å². The molecular formula is C23H20N4O8. The standard InChI is InChI=1S/C23H20N4O8/c1-13-16(22(28)34-11-14-6-2-4-8-18(14)26(30)31)10-17(24)20(21(13)25)23(29)35-12-15-7-3-5-9-19(15)27(32)33/h2-10H,11-12,24-25H2,1H3. The molecule has 12 heteroatoms. The van der Waals surface area contributed by atoms with Gasteiger partial charge in [0.25, 0.3) is 11.4 Å². The summed E-state index contributed by atoms with van der Waals surface area (Å²) < 4.78 is 10.4. The summed E-state index contributed by atoms with van der Waals surface area (Å²) in [6.45, 7) is 0.706. The maximum Gasteiger partial charge on any atom is 0.342 e. The molecule has 0 aliphatic carbocycles. The van der Waals surface area contributed by atoms with Crippen LogP contribution in [0, 0.1) is 27.2 Å². The molecule has 12 nitrogen and oxygen atoms in total. The van der Waals surface area contributed by atoms with Crippen LogP contribution in [0.1, 0.15) is 37.4 Å². The number of nitro groups is 2. The number of rotatable bonds is 8. The highest BCUT2D eigenvalue weighted by molar-refractivity contribution is 6.05. The smallest absolute Gasteiger partial charge is 0.342 e. The third-order valence-corrected chi connectivity index (χ3v) is 5.18. The van der Waals surface area contributed by atoms with Crippen LogP contribution in [-0.2, 0) is 22.7 Å². The van der Waals surface area contributed by atoms with E-state index in [-0.39, 0.29) is 57.2 Å². The van der Waals surface area contributed by atoms with Crippen molar-refractivity contribution in [2.75, 3.05) is 11.5 Å². The number of nitrogens with zero attached hydrogens (tertiary/aromatic N) is 2. The number of hydrogen-bond donors (Lipinski definition) is 2. The summed E-state index contributed by atoms with van der Waals surface area (Å²) in [5.74, 6) is -1.78. The number of anilines is 2. The molecule has 0 radical (unpaired) electrons. The Morgan fingerprint density at radius 1 is 0.829 bits per heavy atom. The zero-order valence-corrected chi connectivity index (χ0v) is 18.4. The lowest BCUT2D eigenvalue weighted by molar-refractivity contribution is -0.386. The first-order valence-electron chi connectivity index (χ1n) is 10.1. The van der Waals surface area contributed by atoms with Gasteiger partial charge in [0.2, 0.25) is 0 Å². The molecule has 0 saturated carbocycles. The second-order valence-corrected chi connectivity index (χ2v) is 7.35. The van der Waals surface area contributed by atoms with Crippen LogP contribution in [0.4, 0.5) is 22.7 Å². The second kappa shape index (κ2) is 10.3. The van der Waals surface area contributed by atoms with Gasteiger partial charge in [-0.3, -0.25) is 20.2 Å². The molecule has 3 aromatic rings. The summed E-state index contributed by atoms with van der Waals surface area (Å²) in [5, 5.41) is 22.3. The molecule has 0 saturated heterocycles. The predicted molar refractivity (Wildman–Crippen MR) is 124 cm³/mol. The summed E-state index contributed by atoms with van der Waals surface area (Å²) in [7, 11) is 0. The number of esters is 2. The Bertz CT molecular complexity index is 1340. The molecule has 0 aliphatic heterocycles. The van der Waals surface area contributed by atoms with E-state index in [1.54, 1.807) is 12.1 Å². The Morgan fingerprint density at radius 3 is 1.77 bits per heavy atom. The molecule has 0 fully saturated rings. The summed E-state index contributed by atoms with van der Waals surface area (Å²) in [6.07, 6.45) is 0. The fourth-order valence-electron chi connectivity index (χ4n) is 3.32. The van der Waals surface area contributed by atoms with Crippen molar-refractivity contribution >= 4 is 34.7 Å². The maximum absolute atomic E-state index is 12.7. The molecule has 0 amide bonds. The van der Waals surface area contributed by atoms with Gasteiger partial charge in [0.05, 0.1) is 32.2 Å². The number of nitrogens with two attached hydrogens (primary N) is 2. The number of nitro benzene ring substituents is 2. The summed E-state index contributed by atoms with van der Waals surface area (Å²) in [4.78, 5) is 46.4. The number of benzene rings is 3. The zero-order chi connectivity index (χ0) is 25.7. The lowest BCUT2D eigenvalue weighted by Gasteiger charge is -2.15. The Kier molecular flexibility index (Phi) is 7.25. The first kappa shape index (κ1) is 24.6. The number of para-hydroxylation sites is 2. The summed E-state index contributed by atoms with van der Waals surface area (Å²) in [6, 6.07) is 12.8. The van der Waals surface area contributed by atoms with Crippen molar-refractivity contribution < 1.29 is 28.9 Å². The Balaban J connectivity index is 1.78. The summed E-state index contributed by atoms with van der Waals surface area (Å²) in [5.41, 5.74) is 11.6. The van der Waals surface area contributed by atoms with Crippen molar-refractivity contribution in [1.29, 1.82) is 0 Å². The molecule has 0 bridgehead atoms. The normalized spacial score (nSPS) is 10.4. The van der Waals surface area contributed by atoms with Gasteiger partial charge >= 0.3 is 11.9 Å². The fourth-order valence-corrected chi connectivity index (χ4v) is 3.32. The van der Waals surface area contributed by atoms with Gasteiger partial charge in [-0.1, -0.05) is 24.3 Å². The number of nitrogen functional groups attached to an aromatic ring is 2. The van der Waals surface area contributed by atoms with Crippen molar-refractivity contribution in [2.24, 2.45) is 0 Å². The number of carbonyl (C=O) groups is 2. The first-order valence-corrected chi connectivity index (χ1v) is 10.1. The Morgan fingerprint density at radius 2 is 1.29 bits per heavy atom. The van der Waals surface area contributed by atoms with E-state index in [2.05, 4.69) is 0 Å². The molecule has 3 rings (SSSR count). The van der Waals surface area contributed by atoms with Crippen molar-refractivity contribution in [3.63, 3.8) is 0 Å². The van der Waals surface area contributed by atoms with Crippen molar-refractivity contribution in [1.82, 2.24) is 0 Å². The van der Waals surface area contributed by atoms with Crippen LogP contribution < -0.4 is 11.5 Å². The molecule has 0 aliphatic rings. The van der Waals surface area contributed by atoms with Gasteiger partial charge < -0.3 is 20.9 Å². The topological polar surface area (TPSA) is 191 Å². The maximum atomic E-state index is 12.7. The second-order valence-electron chi connectivity index (χ2n) is 7.35. The van der Waals surface area contributed by atoms with Crippen LogP contribution in [0.3, 0.4) is 0 Å². The van der Waals surface area contributed by atoms with E-state index in [1.165, 1.54) is 49.4 Å². The van der Waals surface area contributed by atoms with Gasteiger partial charge in [0, 0.05) is 17.8 Å². The van der Waals surface area contributed by atoms with Crippen molar-refractivity contribution in [3.8, 4) is 0 Å². The molecule has 3 aromatic carbocycles. The highest BCUT2D eigenvalue weighted by Crippen LogP contribution is 2.30. The van der Waals surface area contributed by atoms with Crippen LogP contribution in [0.15, 0.2) is 54.6 Å². The van der Waals surface area contributed by atoms with E-state index in [0.717, 1.165) is 0 Å². The zero-order valence-electron chi connectivity index (χ0n) is 18.4. The number of ether oxygens (including phenoxy) is 2. The van der Waals surface area contributed by atoms with Crippen LogP contribution in [0.2, 0.25) is 0 Å². The van der Waals surface area contributed by atoms with Gasteiger partial charge in [0.1, 0.15) is 18.8 Å². The minimum absolute atomic E-state index is 0.0335. The predicted octanol–water partition coefficient (Wildman–Crippen LogP) is 3.69. The first-order chi connectivity index (χ1) is 16.6. The van der Waals surface area contributed by atoms with Crippen LogP contribution in [0.25, 0.3) is 0 Å². The van der Waals surface area contributed by atoms with E-state index in [1.807, 2.05) is 0 Å². The third-order valence-electron chi connectivity index (χ3n) is 5.18. The van der Waals surface area contributed by atoms with Gasteiger partial charge in [-0.05, 0) is 30.7 Å². The highest BCUT2D eigenvalue weighted by Gasteiger charge is 2.24. The molecule has 0 heterocycles. The van der Waals surface area contributed by atoms with Crippen molar-refractivity contribution in [3.05, 3.63) is 103 Å². The molecule has 0 aromatic heterocycles. The monoisotopic (exact) mass is 480 g/mol. The summed E-state index contributed by atoms with van der Waals surface area (Å²) >= 11 is 0. The average Bonchev–Trinajstić information content (AvgIpc) is 2.83. The SMILES string of the molecule is Cc1c(C(=O)OCc2ccccc2[N+](=O)[O-])cc(N)c(C(=O)OCc2ccccc2[N+](=O)[O-])c1N. The van der Waals surface area contributed by atoms with E-state index in [0.29, 0.717) is 0 Å². The van der Waals surface area contributed by atoms with Crippen LogP contribution >= 0.6 is 0 Å². The molecular weight excluding hydrogens is 460 g/mol. The lowest BCUT2D eigenvalue weighted by Crippen LogP contribution is -2.16.